The average Bonchev–Trinajstić information content (AvgIpc) is 3.08. The minimum absolute atomic E-state index is 0.237. The molecule has 0 radical (unpaired) electrons. The lowest BCUT2D eigenvalue weighted by molar-refractivity contribution is -0.153. The van der Waals surface area contributed by atoms with Gasteiger partial charge in [0, 0.05) is 6.61 Å². The van der Waals surface area contributed by atoms with Crippen molar-refractivity contribution in [1.82, 2.24) is 0 Å². The molecule has 1 aliphatic carbocycles. The van der Waals surface area contributed by atoms with Crippen LogP contribution in [0.5, 0.6) is 0 Å². The Morgan fingerprint density at radius 3 is 2.59 bits per heavy atom. The van der Waals surface area contributed by atoms with Crippen molar-refractivity contribution in [1.29, 1.82) is 0 Å². The van der Waals surface area contributed by atoms with Crippen LogP contribution < -0.4 is 5.73 Å². The fraction of sp³-hybridized carbons (Fsp3) is 0.923. The zero-order valence-corrected chi connectivity index (χ0v) is 11.2. The highest BCUT2D eigenvalue weighted by Crippen LogP contribution is 2.39. The summed E-state index contributed by atoms with van der Waals surface area (Å²) in [5, 5.41) is 0. The molecule has 0 aromatic rings. The molecule has 0 aromatic carbocycles. The number of rotatable bonds is 8. The van der Waals surface area contributed by atoms with Crippen LogP contribution in [0.15, 0.2) is 0 Å². The van der Waals surface area contributed by atoms with Crippen LogP contribution in [-0.4, -0.2) is 31.3 Å². The zero-order chi connectivity index (χ0) is 12.9. The lowest BCUT2D eigenvalue weighted by Gasteiger charge is -2.26. The third kappa shape index (κ3) is 4.28. The van der Waals surface area contributed by atoms with Gasteiger partial charge in [-0.25, -0.2) is 4.79 Å². The SMILES string of the molecule is CCOC(=O)C(N)(COCCC(C)C)C1CC1. The van der Waals surface area contributed by atoms with E-state index in [2.05, 4.69) is 13.8 Å². The minimum Gasteiger partial charge on any atom is -0.465 e. The van der Waals surface area contributed by atoms with Gasteiger partial charge < -0.3 is 15.2 Å². The van der Waals surface area contributed by atoms with Gasteiger partial charge in [-0.05, 0) is 38.0 Å². The molecule has 2 N–H and O–H groups in total. The Kier molecular flexibility index (Phi) is 5.40. The van der Waals surface area contributed by atoms with Crippen molar-refractivity contribution in [3.63, 3.8) is 0 Å². The van der Waals surface area contributed by atoms with E-state index in [0.29, 0.717) is 19.1 Å². The molecule has 1 atom stereocenters. The van der Waals surface area contributed by atoms with Gasteiger partial charge >= 0.3 is 5.97 Å². The van der Waals surface area contributed by atoms with Crippen molar-refractivity contribution in [2.24, 2.45) is 17.6 Å². The van der Waals surface area contributed by atoms with E-state index in [1.807, 2.05) is 0 Å². The van der Waals surface area contributed by atoms with Gasteiger partial charge in [-0.1, -0.05) is 13.8 Å². The van der Waals surface area contributed by atoms with E-state index in [0.717, 1.165) is 19.3 Å². The summed E-state index contributed by atoms with van der Waals surface area (Å²) in [6, 6.07) is 0. The van der Waals surface area contributed by atoms with E-state index >= 15 is 0 Å². The number of hydrogen-bond donors (Lipinski definition) is 1. The predicted molar refractivity (Wildman–Crippen MR) is 66.5 cm³/mol. The van der Waals surface area contributed by atoms with E-state index in [1.165, 1.54) is 0 Å². The van der Waals surface area contributed by atoms with E-state index in [9.17, 15) is 4.79 Å². The fourth-order valence-electron chi connectivity index (χ4n) is 1.77. The van der Waals surface area contributed by atoms with Crippen LogP contribution in [0.4, 0.5) is 0 Å². The summed E-state index contributed by atoms with van der Waals surface area (Å²) in [5.74, 6) is 0.526. The highest BCUT2D eigenvalue weighted by atomic mass is 16.5. The molecule has 0 aliphatic heterocycles. The van der Waals surface area contributed by atoms with E-state index < -0.39 is 5.54 Å². The maximum Gasteiger partial charge on any atom is 0.328 e. The Bertz CT molecular complexity index is 251. The molecule has 17 heavy (non-hydrogen) atoms. The van der Waals surface area contributed by atoms with Gasteiger partial charge in [-0.15, -0.1) is 0 Å². The number of ether oxygens (including phenoxy) is 2. The van der Waals surface area contributed by atoms with Crippen LogP contribution in [0, 0.1) is 11.8 Å². The van der Waals surface area contributed by atoms with Gasteiger partial charge in [0.1, 0.15) is 5.54 Å². The van der Waals surface area contributed by atoms with Crippen molar-refractivity contribution >= 4 is 5.97 Å². The highest BCUT2D eigenvalue weighted by molar-refractivity contribution is 5.81. The number of hydrogen-bond acceptors (Lipinski definition) is 4. The number of carbonyl (C=O) groups is 1. The van der Waals surface area contributed by atoms with Crippen LogP contribution >= 0.6 is 0 Å². The minimum atomic E-state index is -0.924. The van der Waals surface area contributed by atoms with Crippen LogP contribution in [0.1, 0.15) is 40.0 Å². The Labute approximate surface area is 104 Å². The molecule has 0 spiro atoms. The molecule has 1 saturated carbocycles. The summed E-state index contributed by atoms with van der Waals surface area (Å²) in [7, 11) is 0. The Morgan fingerprint density at radius 1 is 1.47 bits per heavy atom. The maximum absolute atomic E-state index is 11.8. The Hall–Kier alpha value is -0.610. The molecule has 4 heteroatoms. The Balaban J connectivity index is 2.39. The summed E-state index contributed by atoms with van der Waals surface area (Å²) in [6.07, 6.45) is 3.00. The fourth-order valence-corrected chi connectivity index (χ4v) is 1.77. The average molecular weight is 243 g/mol. The molecule has 0 amide bonds. The first-order valence-electron chi connectivity index (χ1n) is 6.54. The number of nitrogens with two attached hydrogens (primary N) is 1. The Morgan fingerprint density at radius 2 is 2.12 bits per heavy atom. The molecule has 0 aromatic heterocycles. The van der Waals surface area contributed by atoms with Crippen molar-refractivity contribution in [2.75, 3.05) is 19.8 Å². The van der Waals surface area contributed by atoms with E-state index in [1.54, 1.807) is 6.92 Å². The second-order valence-corrected chi connectivity index (χ2v) is 5.27. The summed E-state index contributed by atoms with van der Waals surface area (Å²) >= 11 is 0. The molecule has 0 heterocycles. The largest absolute Gasteiger partial charge is 0.465 e. The van der Waals surface area contributed by atoms with Gasteiger partial charge in [0.15, 0.2) is 0 Å². The lowest BCUT2D eigenvalue weighted by atomic mass is 9.96. The van der Waals surface area contributed by atoms with Crippen molar-refractivity contribution in [3.05, 3.63) is 0 Å². The molecule has 1 unspecified atom stereocenters. The van der Waals surface area contributed by atoms with Gasteiger partial charge in [-0.3, -0.25) is 0 Å². The molecule has 1 aliphatic rings. The molecule has 1 rings (SSSR count). The van der Waals surface area contributed by atoms with Gasteiger partial charge in [-0.2, -0.15) is 0 Å². The molecule has 4 nitrogen and oxygen atoms in total. The van der Waals surface area contributed by atoms with Crippen LogP contribution in [0.3, 0.4) is 0 Å². The third-order valence-electron chi connectivity index (χ3n) is 3.14. The number of carbonyl (C=O) groups excluding carboxylic acids is 1. The van der Waals surface area contributed by atoms with E-state index in [-0.39, 0.29) is 18.5 Å². The van der Waals surface area contributed by atoms with Gasteiger partial charge in [0.2, 0.25) is 0 Å². The van der Waals surface area contributed by atoms with E-state index in [4.69, 9.17) is 15.2 Å². The molecule has 0 saturated heterocycles. The molecular formula is C13H25NO3. The second-order valence-electron chi connectivity index (χ2n) is 5.27. The van der Waals surface area contributed by atoms with Crippen LogP contribution in [0.2, 0.25) is 0 Å². The molecule has 100 valence electrons. The van der Waals surface area contributed by atoms with Crippen molar-refractivity contribution in [2.45, 2.75) is 45.6 Å². The lowest BCUT2D eigenvalue weighted by Crippen LogP contribution is -2.55. The third-order valence-corrected chi connectivity index (χ3v) is 3.14. The maximum atomic E-state index is 11.8. The molecular weight excluding hydrogens is 218 g/mol. The topological polar surface area (TPSA) is 61.5 Å². The second kappa shape index (κ2) is 6.36. The zero-order valence-electron chi connectivity index (χ0n) is 11.2. The molecule has 0 bridgehead atoms. The summed E-state index contributed by atoms with van der Waals surface area (Å²) in [5.41, 5.74) is 5.23. The monoisotopic (exact) mass is 243 g/mol. The predicted octanol–water partition coefficient (Wildman–Crippen LogP) is 1.72. The van der Waals surface area contributed by atoms with Crippen molar-refractivity contribution in [3.8, 4) is 0 Å². The van der Waals surface area contributed by atoms with Gasteiger partial charge in [0.25, 0.3) is 0 Å². The summed E-state index contributed by atoms with van der Waals surface area (Å²) in [4.78, 5) is 11.8. The standard InChI is InChI=1S/C13H25NO3/c1-4-17-12(15)13(14,11-5-6-11)9-16-8-7-10(2)3/h10-11H,4-9,14H2,1-3H3. The highest BCUT2D eigenvalue weighted by Gasteiger charge is 2.49. The quantitative estimate of drug-likeness (QED) is 0.521. The number of esters is 1. The first kappa shape index (κ1) is 14.5. The van der Waals surface area contributed by atoms with Crippen LogP contribution in [-0.2, 0) is 14.3 Å². The van der Waals surface area contributed by atoms with Gasteiger partial charge in [0.05, 0.1) is 13.2 Å². The summed E-state index contributed by atoms with van der Waals surface area (Å²) in [6.45, 7) is 7.39. The van der Waals surface area contributed by atoms with Crippen molar-refractivity contribution < 1.29 is 14.3 Å². The molecule has 1 fully saturated rings. The van der Waals surface area contributed by atoms with Crippen LogP contribution in [0.25, 0.3) is 0 Å². The summed E-state index contributed by atoms with van der Waals surface area (Å²) < 4.78 is 10.6. The normalized spacial score (nSPS) is 19.1. The smallest absolute Gasteiger partial charge is 0.328 e. The first-order valence-corrected chi connectivity index (χ1v) is 6.54. The first-order chi connectivity index (χ1) is 8.00.